The molecular formula is C68H51N5. The Morgan fingerprint density at radius 1 is 0.493 bits per heavy atom. The van der Waals surface area contributed by atoms with Crippen molar-refractivity contribution >= 4 is 44.7 Å². The summed E-state index contributed by atoms with van der Waals surface area (Å²) in [6.45, 7) is 19.2. The van der Waals surface area contributed by atoms with E-state index in [0.717, 1.165) is 94.3 Å². The van der Waals surface area contributed by atoms with Crippen molar-refractivity contribution in [3.63, 3.8) is 0 Å². The maximum atomic E-state index is 8.01. The van der Waals surface area contributed by atoms with Gasteiger partial charge in [-0.05, 0) is 109 Å². The summed E-state index contributed by atoms with van der Waals surface area (Å²) in [7, 11) is 0. The van der Waals surface area contributed by atoms with Crippen molar-refractivity contribution < 1.29 is 0 Å². The van der Waals surface area contributed by atoms with Crippen LogP contribution >= 0.6 is 0 Å². The molecular weight excluding hydrogens is 887 g/mol. The Morgan fingerprint density at radius 2 is 0.973 bits per heavy atom. The molecule has 0 aliphatic heterocycles. The van der Waals surface area contributed by atoms with E-state index < -0.39 is 0 Å². The molecule has 9 aromatic carbocycles. The summed E-state index contributed by atoms with van der Waals surface area (Å²) in [6, 6.07) is 77.9. The maximum absolute atomic E-state index is 8.01. The van der Waals surface area contributed by atoms with Crippen molar-refractivity contribution in [2.45, 2.75) is 26.2 Å². The largest absolute Gasteiger partial charge is 0.308 e. The van der Waals surface area contributed by atoms with Gasteiger partial charge in [0.1, 0.15) is 0 Å². The normalized spacial score (nSPS) is 11.8. The Kier molecular flexibility index (Phi) is 12.4. The number of hydrogen-bond donors (Lipinski definition) is 0. The second kappa shape index (κ2) is 19.7. The van der Waals surface area contributed by atoms with Crippen LogP contribution in [-0.2, 0) is 5.41 Å². The molecule has 0 saturated carbocycles. The zero-order valence-corrected chi connectivity index (χ0v) is 41.0. The van der Waals surface area contributed by atoms with E-state index >= 15 is 0 Å². The van der Waals surface area contributed by atoms with Crippen molar-refractivity contribution in [1.82, 2.24) is 19.5 Å². The van der Waals surface area contributed by atoms with Crippen molar-refractivity contribution in [2.24, 2.45) is 0 Å². The van der Waals surface area contributed by atoms with E-state index in [1.54, 1.807) is 0 Å². The number of allylic oxidation sites excluding steroid dienone is 4. The van der Waals surface area contributed by atoms with E-state index in [2.05, 4.69) is 219 Å². The molecule has 73 heavy (non-hydrogen) atoms. The van der Waals surface area contributed by atoms with Crippen molar-refractivity contribution in [3.05, 3.63) is 277 Å². The van der Waals surface area contributed by atoms with Gasteiger partial charge in [0.15, 0.2) is 23.2 Å². The van der Waals surface area contributed by atoms with Crippen LogP contribution in [0.4, 0.5) is 5.69 Å². The number of hydrogen-bond acceptors (Lipinski definition) is 3. The molecule has 0 fully saturated rings. The summed E-state index contributed by atoms with van der Waals surface area (Å²) >= 11 is 0. The van der Waals surface area contributed by atoms with Crippen LogP contribution in [0.1, 0.15) is 43.3 Å². The van der Waals surface area contributed by atoms with Gasteiger partial charge in [0, 0.05) is 27.6 Å². The fraction of sp³-hybridized carbons (Fsp3) is 0.0588. The van der Waals surface area contributed by atoms with E-state index in [1.807, 2.05) is 60.7 Å². The lowest BCUT2D eigenvalue weighted by atomic mass is 9.86. The van der Waals surface area contributed by atoms with Crippen LogP contribution in [0.15, 0.2) is 243 Å². The first kappa shape index (κ1) is 45.9. The highest BCUT2D eigenvalue weighted by Gasteiger charge is 2.24. The molecule has 0 N–H and O–H groups in total. The van der Waals surface area contributed by atoms with E-state index in [0.29, 0.717) is 23.2 Å². The van der Waals surface area contributed by atoms with Crippen LogP contribution in [0, 0.1) is 6.57 Å². The lowest BCUT2D eigenvalue weighted by Crippen LogP contribution is -2.10. The summed E-state index contributed by atoms with van der Waals surface area (Å²) in [5.41, 5.74) is 16.8. The molecule has 2 aromatic heterocycles. The number of benzene rings is 9. The zero-order chi connectivity index (χ0) is 49.9. The Hall–Kier alpha value is -9.50. The molecule has 11 aromatic rings. The lowest BCUT2D eigenvalue weighted by Gasteiger charge is -2.22. The Morgan fingerprint density at radius 3 is 1.53 bits per heavy atom. The molecule has 5 nitrogen and oxygen atoms in total. The molecule has 0 bridgehead atoms. The predicted molar refractivity (Wildman–Crippen MR) is 305 cm³/mol. The molecule has 2 heterocycles. The highest BCUT2D eigenvalue weighted by atomic mass is 15.0. The minimum Gasteiger partial charge on any atom is -0.308 e. The quantitative estimate of drug-likeness (QED) is 0.0959. The number of nitrogens with zero attached hydrogens (tertiary/aromatic N) is 5. The van der Waals surface area contributed by atoms with Gasteiger partial charge in [-0.1, -0.05) is 221 Å². The molecule has 0 aliphatic rings. The maximum Gasteiger partial charge on any atom is 0.188 e. The first-order valence-corrected chi connectivity index (χ1v) is 24.6. The number of rotatable bonds is 11. The van der Waals surface area contributed by atoms with Gasteiger partial charge >= 0.3 is 0 Å². The number of fused-ring (bicyclic) bond motifs is 3. The van der Waals surface area contributed by atoms with E-state index in [9.17, 15) is 0 Å². The van der Waals surface area contributed by atoms with E-state index in [-0.39, 0.29) is 5.41 Å². The van der Waals surface area contributed by atoms with E-state index in [4.69, 9.17) is 21.5 Å². The third-order valence-electron chi connectivity index (χ3n) is 13.4. The van der Waals surface area contributed by atoms with Gasteiger partial charge in [-0.25, -0.2) is 19.8 Å². The monoisotopic (exact) mass is 937 g/mol. The third kappa shape index (κ3) is 9.46. The molecule has 0 saturated heterocycles. The summed E-state index contributed by atoms with van der Waals surface area (Å²) in [5.74, 6) is 1.61. The average Bonchev–Trinajstić information content (AvgIpc) is 3.77. The van der Waals surface area contributed by atoms with Gasteiger partial charge in [-0.15, -0.1) is 0 Å². The van der Waals surface area contributed by atoms with Crippen molar-refractivity contribution in [3.8, 4) is 61.8 Å². The molecule has 0 radical (unpaired) electrons. The van der Waals surface area contributed by atoms with Crippen LogP contribution in [0.25, 0.3) is 106 Å². The van der Waals surface area contributed by atoms with Crippen molar-refractivity contribution in [1.29, 1.82) is 0 Å². The lowest BCUT2D eigenvalue weighted by molar-refractivity contribution is 0.591. The molecule has 0 spiro atoms. The summed E-state index contributed by atoms with van der Waals surface area (Å²) in [6.07, 6.45) is 6.17. The smallest absolute Gasteiger partial charge is 0.188 e. The van der Waals surface area contributed by atoms with E-state index in [1.165, 1.54) is 5.56 Å². The summed E-state index contributed by atoms with van der Waals surface area (Å²) in [5, 5.41) is 2.13. The van der Waals surface area contributed by atoms with Gasteiger partial charge < -0.3 is 4.57 Å². The van der Waals surface area contributed by atoms with Crippen LogP contribution in [0.2, 0.25) is 0 Å². The zero-order valence-electron chi connectivity index (χ0n) is 41.0. The molecule has 5 heteroatoms. The Labute approximate surface area is 427 Å². The molecule has 0 unspecified atom stereocenters. The second-order valence-electron chi connectivity index (χ2n) is 19.3. The Bertz CT molecular complexity index is 3850. The molecule has 0 aliphatic carbocycles. The highest BCUT2D eigenvalue weighted by molar-refractivity contribution is 6.12. The van der Waals surface area contributed by atoms with Crippen molar-refractivity contribution in [2.75, 3.05) is 0 Å². The topological polar surface area (TPSA) is 48.0 Å². The Balaban J connectivity index is 1.16. The molecule has 348 valence electrons. The van der Waals surface area contributed by atoms with Crippen LogP contribution in [0.5, 0.6) is 0 Å². The average molecular weight is 938 g/mol. The van der Waals surface area contributed by atoms with Gasteiger partial charge in [0.25, 0.3) is 0 Å². The third-order valence-corrected chi connectivity index (χ3v) is 13.4. The highest BCUT2D eigenvalue weighted by Crippen LogP contribution is 2.45. The molecule has 0 atom stereocenters. The first-order chi connectivity index (χ1) is 35.7. The SMILES string of the molecule is [C-]#[N+]c1ccc2c(c1)c1cc(C(C)(C)C)ccc1n2-c1c(-c2ccccc2)cc(-c2nc(/C=C/C(=C\C(=C)c3ccccc3)c3ccccc3)nc(-c3ccc(-c4ccccc4)cc3)n2)cc1-c1ccccc1. The fourth-order valence-electron chi connectivity index (χ4n) is 9.58. The number of aromatic nitrogens is 4. The van der Waals surface area contributed by atoms with Crippen LogP contribution in [0.3, 0.4) is 0 Å². The van der Waals surface area contributed by atoms with Gasteiger partial charge in [-0.3, -0.25) is 0 Å². The molecule has 11 rings (SSSR count). The second-order valence-corrected chi connectivity index (χ2v) is 19.3. The fourth-order valence-corrected chi connectivity index (χ4v) is 9.58. The van der Waals surface area contributed by atoms with Gasteiger partial charge in [0.05, 0.1) is 23.3 Å². The minimum absolute atomic E-state index is 0.0798. The van der Waals surface area contributed by atoms with Gasteiger partial charge in [0.2, 0.25) is 0 Å². The van der Waals surface area contributed by atoms with Crippen LogP contribution in [-0.4, -0.2) is 19.5 Å². The van der Waals surface area contributed by atoms with Crippen LogP contribution < -0.4 is 0 Å². The molecule has 0 amide bonds. The van der Waals surface area contributed by atoms with Gasteiger partial charge in [-0.2, -0.15) is 0 Å². The predicted octanol–water partition coefficient (Wildman–Crippen LogP) is 18.0. The summed E-state index contributed by atoms with van der Waals surface area (Å²) < 4.78 is 2.39. The summed E-state index contributed by atoms with van der Waals surface area (Å²) in [4.78, 5) is 19.7. The minimum atomic E-state index is -0.0798. The first-order valence-electron chi connectivity index (χ1n) is 24.6. The standard InChI is InChI=1S/C68H51N5/c1-46(47-21-11-6-12-22-47)41-54(49-25-15-8-16-26-49)35-40-64-70-66(53-33-31-50(32-34-53)48-23-13-7-14-24-48)72-67(71-64)55-42-58(51-27-17-9-18-28-51)65(59(43-55)52-29-19-10-20-30-52)73-62-38-36-56(68(2,3)4)44-60(62)61-45-57(69-5)37-39-63(61)73/h6-45H,1H2,2-4H3/b40-35+,54-41+.